The molecule has 2 nitrogen and oxygen atoms in total. The Morgan fingerprint density at radius 2 is 1.74 bits per heavy atom. The molecule has 0 aliphatic heterocycles. The minimum Gasteiger partial charge on any atom is -0.324 e. The monoisotopic (exact) mass is 254 g/mol. The van der Waals surface area contributed by atoms with Gasteiger partial charge in [0.1, 0.15) is 0 Å². The highest BCUT2D eigenvalue weighted by molar-refractivity contribution is 5.46. The lowest BCUT2D eigenvalue weighted by Gasteiger charge is -2.21. The first-order valence-electron chi connectivity index (χ1n) is 7.11. The maximum Gasteiger partial charge on any atom is 0.0460 e. The minimum atomic E-state index is 0.217. The highest BCUT2D eigenvalue weighted by Crippen LogP contribution is 2.33. The van der Waals surface area contributed by atoms with Crippen LogP contribution in [0.1, 0.15) is 47.0 Å². The van der Waals surface area contributed by atoms with Crippen LogP contribution >= 0.6 is 0 Å². The average molecular weight is 254 g/mol. The zero-order chi connectivity index (χ0) is 13.6. The largest absolute Gasteiger partial charge is 0.324 e. The molecule has 1 aliphatic carbocycles. The smallest absolute Gasteiger partial charge is 0.0460 e. The van der Waals surface area contributed by atoms with E-state index in [0.29, 0.717) is 0 Å². The Morgan fingerprint density at radius 3 is 2.42 bits per heavy atom. The fourth-order valence-electron chi connectivity index (χ4n) is 3.38. The first kappa shape index (κ1) is 12.5. The van der Waals surface area contributed by atoms with Crippen molar-refractivity contribution < 1.29 is 0 Å². The SMILES string of the molecule is Cc1cc(C)cc(-n2c(C)cc3c2CCCC3N)c1. The van der Waals surface area contributed by atoms with Crippen molar-refractivity contribution in [2.45, 2.75) is 46.1 Å². The van der Waals surface area contributed by atoms with Crippen LogP contribution in [0.25, 0.3) is 5.69 Å². The van der Waals surface area contributed by atoms with Gasteiger partial charge in [-0.3, -0.25) is 0 Å². The molecule has 1 atom stereocenters. The zero-order valence-corrected chi connectivity index (χ0v) is 12.0. The molecule has 0 saturated carbocycles. The van der Waals surface area contributed by atoms with Crippen molar-refractivity contribution in [1.29, 1.82) is 0 Å². The Hall–Kier alpha value is -1.54. The van der Waals surface area contributed by atoms with Crippen LogP contribution in [0, 0.1) is 20.8 Å². The average Bonchev–Trinajstić information content (AvgIpc) is 2.65. The highest BCUT2D eigenvalue weighted by atomic mass is 15.0. The van der Waals surface area contributed by atoms with Crippen molar-refractivity contribution in [3.05, 3.63) is 52.3 Å². The molecule has 2 aromatic rings. The van der Waals surface area contributed by atoms with Gasteiger partial charge in [-0.05, 0) is 74.9 Å². The lowest BCUT2D eigenvalue weighted by molar-refractivity contribution is 0.560. The van der Waals surface area contributed by atoms with Crippen molar-refractivity contribution in [1.82, 2.24) is 4.57 Å². The molecular formula is C17H22N2. The number of rotatable bonds is 1. The Bertz CT molecular complexity index is 602. The zero-order valence-electron chi connectivity index (χ0n) is 12.0. The number of nitrogens with zero attached hydrogens (tertiary/aromatic N) is 1. The standard InChI is InChI=1S/C17H22N2/c1-11-7-12(2)9-14(8-11)19-13(3)10-15-16(18)5-4-6-17(15)19/h7-10,16H,4-6,18H2,1-3H3. The molecule has 2 heteroatoms. The van der Waals surface area contributed by atoms with Gasteiger partial charge in [0.2, 0.25) is 0 Å². The molecule has 19 heavy (non-hydrogen) atoms. The Morgan fingerprint density at radius 1 is 1.05 bits per heavy atom. The van der Waals surface area contributed by atoms with Crippen molar-refractivity contribution >= 4 is 0 Å². The number of nitrogens with two attached hydrogens (primary N) is 1. The first-order chi connectivity index (χ1) is 9.06. The van der Waals surface area contributed by atoms with E-state index in [-0.39, 0.29) is 6.04 Å². The van der Waals surface area contributed by atoms with Crippen LogP contribution in [0.2, 0.25) is 0 Å². The summed E-state index contributed by atoms with van der Waals surface area (Å²) in [5.41, 5.74) is 14.2. The summed E-state index contributed by atoms with van der Waals surface area (Å²) < 4.78 is 2.40. The van der Waals surface area contributed by atoms with Crippen LogP contribution in [-0.2, 0) is 6.42 Å². The first-order valence-corrected chi connectivity index (χ1v) is 7.11. The molecule has 2 N–H and O–H groups in total. The third kappa shape index (κ3) is 2.10. The van der Waals surface area contributed by atoms with E-state index in [1.165, 1.54) is 40.2 Å². The normalized spacial score (nSPS) is 18.4. The van der Waals surface area contributed by atoms with E-state index < -0.39 is 0 Å². The number of aryl methyl sites for hydroxylation is 3. The van der Waals surface area contributed by atoms with Crippen LogP contribution in [0.15, 0.2) is 24.3 Å². The van der Waals surface area contributed by atoms with Gasteiger partial charge in [-0.15, -0.1) is 0 Å². The van der Waals surface area contributed by atoms with E-state index in [4.69, 9.17) is 5.73 Å². The summed E-state index contributed by atoms with van der Waals surface area (Å²) in [6.45, 7) is 6.50. The molecule has 100 valence electrons. The van der Waals surface area contributed by atoms with Crippen molar-refractivity contribution in [3.8, 4) is 5.69 Å². The summed E-state index contributed by atoms with van der Waals surface area (Å²) in [5.74, 6) is 0. The molecule has 0 bridgehead atoms. The fourth-order valence-corrected chi connectivity index (χ4v) is 3.38. The van der Waals surface area contributed by atoms with Gasteiger partial charge in [0.15, 0.2) is 0 Å². The summed E-state index contributed by atoms with van der Waals surface area (Å²) in [6.07, 6.45) is 3.45. The van der Waals surface area contributed by atoms with Gasteiger partial charge in [-0.25, -0.2) is 0 Å². The van der Waals surface area contributed by atoms with E-state index >= 15 is 0 Å². The molecule has 1 aromatic heterocycles. The third-order valence-corrected chi connectivity index (χ3v) is 4.11. The molecular weight excluding hydrogens is 232 g/mol. The molecule has 1 unspecified atom stereocenters. The second-order valence-electron chi connectivity index (χ2n) is 5.87. The molecule has 3 rings (SSSR count). The van der Waals surface area contributed by atoms with Crippen molar-refractivity contribution in [2.24, 2.45) is 5.73 Å². The summed E-state index contributed by atoms with van der Waals surface area (Å²) in [4.78, 5) is 0. The maximum atomic E-state index is 6.25. The maximum absolute atomic E-state index is 6.25. The van der Waals surface area contributed by atoms with Gasteiger partial charge in [0.25, 0.3) is 0 Å². The second-order valence-corrected chi connectivity index (χ2v) is 5.87. The minimum absolute atomic E-state index is 0.217. The fraction of sp³-hybridized carbons (Fsp3) is 0.412. The summed E-state index contributed by atoms with van der Waals surface area (Å²) in [6, 6.07) is 9.24. The number of fused-ring (bicyclic) bond motifs is 1. The predicted octanol–water partition coefficient (Wildman–Crippen LogP) is 3.74. The molecule has 1 aromatic carbocycles. The molecule has 1 aliphatic rings. The summed E-state index contributed by atoms with van der Waals surface area (Å²) >= 11 is 0. The van der Waals surface area contributed by atoms with Gasteiger partial charge >= 0.3 is 0 Å². The second kappa shape index (κ2) is 4.53. The van der Waals surface area contributed by atoms with Crippen molar-refractivity contribution in [2.75, 3.05) is 0 Å². The number of benzene rings is 1. The van der Waals surface area contributed by atoms with Crippen LogP contribution in [0.4, 0.5) is 0 Å². The van der Waals surface area contributed by atoms with Crippen LogP contribution in [0.5, 0.6) is 0 Å². The predicted molar refractivity (Wildman–Crippen MR) is 79.8 cm³/mol. The van der Waals surface area contributed by atoms with Gasteiger partial charge in [-0.1, -0.05) is 6.07 Å². The summed E-state index contributed by atoms with van der Waals surface area (Å²) in [7, 11) is 0. The van der Waals surface area contributed by atoms with Crippen LogP contribution < -0.4 is 5.73 Å². The van der Waals surface area contributed by atoms with E-state index in [9.17, 15) is 0 Å². The van der Waals surface area contributed by atoms with Crippen LogP contribution in [-0.4, -0.2) is 4.57 Å². The van der Waals surface area contributed by atoms with E-state index in [1.54, 1.807) is 0 Å². The molecule has 0 radical (unpaired) electrons. The van der Waals surface area contributed by atoms with E-state index in [2.05, 4.69) is 49.6 Å². The molecule has 0 fully saturated rings. The Kier molecular flexibility index (Phi) is 2.98. The van der Waals surface area contributed by atoms with Crippen LogP contribution in [0.3, 0.4) is 0 Å². The lowest BCUT2D eigenvalue weighted by Crippen LogP contribution is -2.18. The quantitative estimate of drug-likeness (QED) is 0.825. The lowest BCUT2D eigenvalue weighted by atomic mass is 9.93. The molecule has 1 heterocycles. The van der Waals surface area contributed by atoms with E-state index in [0.717, 1.165) is 12.8 Å². The molecule has 0 saturated heterocycles. The topological polar surface area (TPSA) is 30.9 Å². The van der Waals surface area contributed by atoms with Gasteiger partial charge in [0.05, 0.1) is 0 Å². The number of hydrogen-bond acceptors (Lipinski definition) is 1. The third-order valence-electron chi connectivity index (χ3n) is 4.11. The number of aromatic nitrogens is 1. The van der Waals surface area contributed by atoms with Gasteiger partial charge in [0, 0.05) is 23.1 Å². The molecule has 0 spiro atoms. The van der Waals surface area contributed by atoms with E-state index in [1.807, 2.05) is 0 Å². The Labute approximate surface area is 115 Å². The summed E-state index contributed by atoms with van der Waals surface area (Å²) in [5, 5.41) is 0. The van der Waals surface area contributed by atoms with Gasteiger partial charge in [-0.2, -0.15) is 0 Å². The molecule has 0 amide bonds. The highest BCUT2D eigenvalue weighted by Gasteiger charge is 2.22. The Balaban J connectivity index is 2.20. The van der Waals surface area contributed by atoms with Crippen molar-refractivity contribution in [3.63, 3.8) is 0 Å². The van der Waals surface area contributed by atoms with Gasteiger partial charge < -0.3 is 10.3 Å². The number of hydrogen-bond donors (Lipinski definition) is 1.